The summed E-state index contributed by atoms with van der Waals surface area (Å²) in [5.41, 5.74) is -0.643. The van der Waals surface area contributed by atoms with Gasteiger partial charge in [-0.15, -0.1) is 0 Å². The highest BCUT2D eigenvalue weighted by atomic mass is 19.4. The van der Waals surface area contributed by atoms with Crippen molar-refractivity contribution >= 4 is 5.97 Å². The normalized spacial score (nSPS) is 12.6. The maximum atomic E-state index is 11.8. The SMILES string of the molecule is CCCCNC(C)(C)COC(=O)C(F)(F)F. The zero-order chi connectivity index (χ0) is 12.8. The number of ether oxygens (including phenoxy) is 1. The number of halogens is 3. The van der Waals surface area contributed by atoms with Crippen LogP contribution in [0, 0.1) is 0 Å². The second-order valence-corrected chi connectivity index (χ2v) is 4.24. The van der Waals surface area contributed by atoms with Crippen LogP contribution in [0.25, 0.3) is 0 Å². The fourth-order valence-electron chi connectivity index (χ4n) is 0.982. The van der Waals surface area contributed by atoms with E-state index in [1.165, 1.54) is 0 Å². The predicted molar refractivity (Wildman–Crippen MR) is 54.0 cm³/mol. The van der Waals surface area contributed by atoms with Gasteiger partial charge in [-0.1, -0.05) is 13.3 Å². The highest BCUT2D eigenvalue weighted by Crippen LogP contribution is 2.17. The Kier molecular flexibility index (Phi) is 5.78. The first-order valence-electron chi connectivity index (χ1n) is 5.18. The molecule has 0 spiro atoms. The van der Waals surface area contributed by atoms with Gasteiger partial charge in [-0.25, -0.2) is 4.79 Å². The number of hydrogen-bond acceptors (Lipinski definition) is 3. The molecule has 0 aliphatic rings. The van der Waals surface area contributed by atoms with Crippen LogP contribution in [0.5, 0.6) is 0 Å². The summed E-state index contributed by atoms with van der Waals surface area (Å²) in [4.78, 5) is 10.5. The molecule has 3 nitrogen and oxygen atoms in total. The molecule has 0 rings (SSSR count). The van der Waals surface area contributed by atoms with Crippen LogP contribution in [-0.4, -0.2) is 30.8 Å². The zero-order valence-corrected chi connectivity index (χ0v) is 9.78. The quantitative estimate of drug-likeness (QED) is 0.572. The average Bonchev–Trinajstić information content (AvgIpc) is 2.13. The fraction of sp³-hybridized carbons (Fsp3) is 0.900. The maximum absolute atomic E-state index is 11.8. The molecule has 0 saturated heterocycles. The Balaban J connectivity index is 3.94. The van der Waals surface area contributed by atoms with Crippen LogP contribution in [0.15, 0.2) is 0 Å². The molecule has 0 bridgehead atoms. The summed E-state index contributed by atoms with van der Waals surface area (Å²) in [5, 5.41) is 3.02. The van der Waals surface area contributed by atoms with E-state index in [-0.39, 0.29) is 6.61 Å². The molecule has 1 N–H and O–H groups in total. The minimum atomic E-state index is -4.92. The number of carbonyl (C=O) groups excluding carboxylic acids is 1. The number of hydrogen-bond donors (Lipinski definition) is 1. The van der Waals surface area contributed by atoms with Crippen molar-refractivity contribution in [2.75, 3.05) is 13.2 Å². The molecule has 96 valence electrons. The molecule has 16 heavy (non-hydrogen) atoms. The third-order valence-electron chi connectivity index (χ3n) is 1.93. The maximum Gasteiger partial charge on any atom is 0.490 e. The van der Waals surface area contributed by atoms with Crippen molar-refractivity contribution in [3.8, 4) is 0 Å². The van der Waals surface area contributed by atoms with E-state index in [1.807, 2.05) is 6.92 Å². The van der Waals surface area contributed by atoms with Crippen molar-refractivity contribution in [3.63, 3.8) is 0 Å². The number of esters is 1. The summed E-state index contributed by atoms with van der Waals surface area (Å²) in [6.07, 6.45) is -3.00. The standard InChI is InChI=1S/C10H18F3NO2/c1-4-5-6-14-9(2,3)7-16-8(15)10(11,12)13/h14H,4-7H2,1-3H3. The van der Waals surface area contributed by atoms with Gasteiger partial charge < -0.3 is 10.1 Å². The van der Waals surface area contributed by atoms with Gasteiger partial charge in [-0.2, -0.15) is 13.2 Å². The highest BCUT2D eigenvalue weighted by Gasteiger charge is 2.41. The Hall–Kier alpha value is -0.780. The van der Waals surface area contributed by atoms with E-state index in [9.17, 15) is 18.0 Å². The van der Waals surface area contributed by atoms with Crippen molar-refractivity contribution in [1.82, 2.24) is 5.32 Å². The monoisotopic (exact) mass is 241 g/mol. The topological polar surface area (TPSA) is 38.3 Å². The van der Waals surface area contributed by atoms with Gasteiger partial charge in [0.1, 0.15) is 6.61 Å². The van der Waals surface area contributed by atoms with Gasteiger partial charge in [0.25, 0.3) is 0 Å². The lowest BCUT2D eigenvalue weighted by Crippen LogP contribution is -2.45. The van der Waals surface area contributed by atoms with Crippen molar-refractivity contribution in [3.05, 3.63) is 0 Å². The summed E-state index contributed by atoms with van der Waals surface area (Å²) in [7, 11) is 0. The zero-order valence-electron chi connectivity index (χ0n) is 9.78. The van der Waals surface area contributed by atoms with Crippen LogP contribution < -0.4 is 5.32 Å². The summed E-state index contributed by atoms with van der Waals surface area (Å²) >= 11 is 0. The average molecular weight is 241 g/mol. The van der Waals surface area contributed by atoms with Crippen molar-refractivity contribution < 1.29 is 22.7 Å². The van der Waals surface area contributed by atoms with Gasteiger partial charge >= 0.3 is 12.1 Å². The van der Waals surface area contributed by atoms with E-state index in [2.05, 4.69) is 10.1 Å². The Morgan fingerprint density at radius 2 is 1.88 bits per heavy atom. The molecule has 0 amide bonds. The van der Waals surface area contributed by atoms with Gasteiger partial charge in [0.2, 0.25) is 0 Å². The van der Waals surface area contributed by atoms with Gasteiger partial charge in [0.05, 0.1) is 0 Å². The third kappa shape index (κ3) is 6.66. The third-order valence-corrected chi connectivity index (χ3v) is 1.93. The summed E-state index contributed by atoms with van der Waals surface area (Å²) in [5.74, 6) is -2.14. The lowest BCUT2D eigenvalue weighted by molar-refractivity contribution is -0.201. The molecule has 6 heteroatoms. The van der Waals surface area contributed by atoms with Crippen LogP contribution in [0.3, 0.4) is 0 Å². The van der Waals surface area contributed by atoms with Gasteiger partial charge in [0.15, 0.2) is 0 Å². The minimum Gasteiger partial charge on any atom is -0.457 e. The molecule has 0 aromatic heterocycles. The van der Waals surface area contributed by atoms with Crippen molar-refractivity contribution in [2.45, 2.75) is 45.3 Å². The van der Waals surface area contributed by atoms with Gasteiger partial charge in [0, 0.05) is 5.54 Å². The second-order valence-electron chi connectivity index (χ2n) is 4.24. The molecule has 0 atom stereocenters. The van der Waals surface area contributed by atoms with E-state index in [0.717, 1.165) is 12.8 Å². The number of rotatable bonds is 6. The first-order valence-corrected chi connectivity index (χ1v) is 5.18. The number of unbranched alkanes of at least 4 members (excludes halogenated alkanes) is 1. The summed E-state index contributed by atoms with van der Waals surface area (Å²) in [6, 6.07) is 0. The Morgan fingerprint density at radius 3 is 2.31 bits per heavy atom. The highest BCUT2D eigenvalue weighted by molar-refractivity contribution is 5.75. The van der Waals surface area contributed by atoms with E-state index in [4.69, 9.17) is 0 Å². The van der Waals surface area contributed by atoms with Crippen LogP contribution >= 0.6 is 0 Å². The van der Waals surface area contributed by atoms with E-state index in [1.54, 1.807) is 13.8 Å². The lowest BCUT2D eigenvalue weighted by atomic mass is 10.1. The number of carbonyl (C=O) groups is 1. The van der Waals surface area contributed by atoms with Crippen molar-refractivity contribution in [1.29, 1.82) is 0 Å². The first kappa shape index (κ1) is 15.2. The molecule has 0 unspecified atom stereocenters. The predicted octanol–water partition coefficient (Wildman–Crippen LogP) is 2.26. The van der Waals surface area contributed by atoms with Crippen LogP contribution in [-0.2, 0) is 9.53 Å². The van der Waals surface area contributed by atoms with Crippen molar-refractivity contribution in [2.24, 2.45) is 0 Å². The largest absolute Gasteiger partial charge is 0.490 e. The van der Waals surface area contributed by atoms with Crippen LogP contribution in [0.1, 0.15) is 33.6 Å². The molecule has 0 aromatic rings. The molecule has 0 radical (unpaired) electrons. The van der Waals surface area contributed by atoms with E-state index < -0.39 is 17.7 Å². The molecular formula is C10H18F3NO2. The Morgan fingerprint density at radius 1 is 1.31 bits per heavy atom. The summed E-state index contributed by atoms with van der Waals surface area (Å²) < 4.78 is 39.7. The van der Waals surface area contributed by atoms with Crippen LogP contribution in [0.2, 0.25) is 0 Å². The number of nitrogens with one attached hydrogen (secondary N) is 1. The molecule has 0 aromatic carbocycles. The lowest BCUT2D eigenvalue weighted by Gasteiger charge is -2.26. The molecular weight excluding hydrogens is 223 g/mol. The second kappa shape index (κ2) is 6.08. The molecule has 0 fully saturated rings. The fourth-order valence-corrected chi connectivity index (χ4v) is 0.982. The van der Waals surface area contributed by atoms with Gasteiger partial charge in [-0.3, -0.25) is 0 Å². The van der Waals surface area contributed by atoms with Crippen LogP contribution in [0.4, 0.5) is 13.2 Å². The molecule has 0 saturated carbocycles. The summed E-state index contributed by atoms with van der Waals surface area (Å²) in [6.45, 7) is 5.78. The van der Waals surface area contributed by atoms with E-state index in [0.29, 0.717) is 6.54 Å². The molecule has 0 aliphatic carbocycles. The van der Waals surface area contributed by atoms with Gasteiger partial charge in [-0.05, 0) is 26.8 Å². The Labute approximate surface area is 93.3 Å². The smallest absolute Gasteiger partial charge is 0.457 e. The Bertz CT molecular complexity index is 227. The first-order chi connectivity index (χ1) is 7.19. The van der Waals surface area contributed by atoms with E-state index >= 15 is 0 Å². The number of alkyl halides is 3. The molecule has 0 aliphatic heterocycles. The molecule has 0 heterocycles. The minimum absolute atomic E-state index is 0.297.